The van der Waals surface area contributed by atoms with Crippen LogP contribution in [0.15, 0.2) is 42.5 Å². The molecule has 0 spiro atoms. The van der Waals surface area contributed by atoms with Gasteiger partial charge in [-0.05, 0) is 36.8 Å². The molecule has 0 aliphatic heterocycles. The minimum absolute atomic E-state index is 0.0154. The molecule has 0 saturated carbocycles. The molecule has 0 bridgehead atoms. The number of nitro groups is 1. The highest BCUT2D eigenvalue weighted by Crippen LogP contribution is 2.29. The molecule has 2 rings (SSSR count). The standard InChI is InChI=1S/C19H20N2O7/c1-3-27-15-8-9-16(17(10-15)21(24)25)20-18(22)12-28-19(23)14-6-4-13(5-7-14)11-26-2/h4-10H,3,11-12H2,1-2H3,(H,20,22). The van der Waals surface area contributed by atoms with Crippen LogP contribution in [0.1, 0.15) is 22.8 Å². The van der Waals surface area contributed by atoms with Crippen molar-refractivity contribution >= 4 is 23.3 Å². The molecule has 1 amide bonds. The summed E-state index contributed by atoms with van der Waals surface area (Å²) >= 11 is 0. The van der Waals surface area contributed by atoms with E-state index < -0.39 is 23.4 Å². The number of carbonyl (C=O) groups is 2. The third-order valence-corrected chi connectivity index (χ3v) is 3.59. The average Bonchev–Trinajstić information content (AvgIpc) is 2.68. The van der Waals surface area contributed by atoms with Gasteiger partial charge in [0, 0.05) is 7.11 Å². The van der Waals surface area contributed by atoms with Crippen molar-refractivity contribution in [1.82, 2.24) is 0 Å². The second kappa shape index (κ2) is 10.0. The molecule has 0 aromatic heterocycles. The Morgan fingerprint density at radius 2 is 1.86 bits per heavy atom. The third-order valence-electron chi connectivity index (χ3n) is 3.59. The number of hydrogen-bond acceptors (Lipinski definition) is 7. The Morgan fingerprint density at radius 3 is 2.46 bits per heavy atom. The van der Waals surface area contributed by atoms with E-state index in [1.165, 1.54) is 18.2 Å². The number of rotatable bonds is 9. The van der Waals surface area contributed by atoms with Crippen molar-refractivity contribution in [2.75, 3.05) is 25.6 Å². The van der Waals surface area contributed by atoms with Crippen molar-refractivity contribution in [1.29, 1.82) is 0 Å². The summed E-state index contributed by atoms with van der Waals surface area (Å²) in [5.74, 6) is -1.06. The van der Waals surface area contributed by atoms with Crippen LogP contribution in [0.5, 0.6) is 5.75 Å². The Balaban J connectivity index is 1.96. The SMILES string of the molecule is CCOc1ccc(NC(=O)COC(=O)c2ccc(COC)cc2)c([N+](=O)[O-])c1. The van der Waals surface area contributed by atoms with Crippen LogP contribution in [-0.4, -0.2) is 37.1 Å². The lowest BCUT2D eigenvalue weighted by Crippen LogP contribution is -2.21. The summed E-state index contributed by atoms with van der Waals surface area (Å²) in [6, 6.07) is 10.6. The fourth-order valence-corrected chi connectivity index (χ4v) is 2.33. The highest BCUT2D eigenvalue weighted by atomic mass is 16.6. The van der Waals surface area contributed by atoms with Gasteiger partial charge in [0.15, 0.2) is 6.61 Å². The van der Waals surface area contributed by atoms with E-state index in [1.54, 1.807) is 38.3 Å². The molecule has 0 aliphatic carbocycles. The number of nitro benzene ring substituents is 1. The third kappa shape index (κ3) is 5.78. The molecule has 1 N–H and O–H groups in total. The molecule has 148 valence electrons. The predicted molar refractivity (Wildman–Crippen MR) is 100 cm³/mol. The van der Waals surface area contributed by atoms with Gasteiger partial charge in [-0.1, -0.05) is 12.1 Å². The van der Waals surface area contributed by atoms with E-state index in [0.717, 1.165) is 5.56 Å². The lowest BCUT2D eigenvalue weighted by atomic mass is 10.1. The summed E-state index contributed by atoms with van der Waals surface area (Å²) in [6.07, 6.45) is 0. The van der Waals surface area contributed by atoms with Gasteiger partial charge in [-0.15, -0.1) is 0 Å². The average molecular weight is 388 g/mol. The number of esters is 1. The van der Waals surface area contributed by atoms with Crippen LogP contribution in [0, 0.1) is 10.1 Å². The molecular formula is C19H20N2O7. The van der Waals surface area contributed by atoms with Crippen molar-refractivity contribution < 1.29 is 28.7 Å². The Morgan fingerprint density at radius 1 is 1.14 bits per heavy atom. The molecule has 2 aromatic rings. The van der Waals surface area contributed by atoms with Crippen LogP contribution in [-0.2, 0) is 20.9 Å². The van der Waals surface area contributed by atoms with E-state index in [4.69, 9.17) is 14.2 Å². The molecule has 0 radical (unpaired) electrons. The number of hydrogen-bond donors (Lipinski definition) is 1. The highest BCUT2D eigenvalue weighted by molar-refractivity contribution is 5.96. The number of amides is 1. The van der Waals surface area contributed by atoms with E-state index in [9.17, 15) is 19.7 Å². The molecule has 0 unspecified atom stereocenters. The minimum Gasteiger partial charge on any atom is -0.494 e. The summed E-state index contributed by atoms with van der Waals surface area (Å²) in [7, 11) is 1.56. The number of anilines is 1. The van der Waals surface area contributed by atoms with Crippen LogP contribution in [0.3, 0.4) is 0 Å². The van der Waals surface area contributed by atoms with E-state index in [1.807, 2.05) is 0 Å². The van der Waals surface area contributed by atoms with E-state index in [0.29, 0.717) is 19.0 Å². The summed E-state index contributed by atoms with van der Waals surface area (Å²) in [5.41, 5.74) is 0.831. The van der Waals surface area contributed by atoms with Crippen molar-refractivity contribution in [2.24, 2.45) is 0 Å². The van der Waals surface area contributed by atoms with Crippen molar-refractivity contribution in [3.05, 3.63) is 63.7 Å². The molecule has 28 heavy (non-hydrogen) atoms. The zero-order valence-electron chi connectivity index (χ0n) is 15.5. The van der Waals surface area contributed by atoms with Crippen molar-refractivity contribution in [3.63, 3.8) is 0 Å². The Labute approximate surface area is 161 Å². The maximum absolute atomic E-state index is 12.0. The van der Waals surface area contributed by atoms with Crippen LogP contribution in [0.25, 0.3) is 0 Å². The second-order valence-electron chi connectivity index (χ2n) is 5.62. The Kier molecular flexibility index (Phi) is 7.46. The molecule has 0 aliphatic rings. The van der Waals surface area contributed by atoms with Crippen LogP contribution in [0.4, 0.5) is 11.4 Å². The molecule has 9 nitrogen and oxygen atoms in total. The maximum Gasteiger partial charge on any atom is 0.338 e. The van der Waals surface area contributed by atoms with Gasteiger partial charge in [-0.25, -0.2) is 4.79 Å². The van der Waals surface area contributed by atoms with Crippen molar-refractivity contribution in [2.45, 2.75) is 13.5 Å². The summed E-state index contributed by atoms with van der Waals surface area (Å²) in [6.45, 7) is 1.94. The summed E-state index contributed by atoms with van der Waals surface area (Å²) in [4.78, 5) is 34.6. The minimum atomic E-state index is -0.698. The predicted octanol–water partition coefficient (Wildman–Crippen LogP) is 2.94. The summed E-state index contributed by atoms with van der Waals surface area (Å²) in [5, 5.41) is 13.6. The van der Waals surface area contributed by atoms with Crippen LogP contribution >= 0.6 is 0 Å². The van der Waals surface area contributed by atoms with Crippen LogP contribution in [0.2, 0.25) is 0 Å². The van der Waals surface area contributed by atoms with E-state index >= 15 is 0 Å². The maximum atomic E-state index is 12.0. The highest BCUT2D eigenvalue weighted by Gasteiger charge is 2.18. The Hall–Kier alpha value is -3.46. The normalized spacial score (nSPS) is 10.2. The Bertz CT molecular complexity index is 850. The van der Waals surface area contributed by atoms with Crippen molar-refractivity contribution in [3.8, 4) is 5.75 Å². The van der Waals surface area contributed by atoms with Gasteiger partial charge in [-0.3, -0.25) is 14.9 Å². The molecule has 0 atom stereocenters. The van der Waals surface area contributed by atoms with Gasteiger partial charge in [-0.2, -0.15) is 0 Å². The molecular weight excluding hydrogens is 368 g/mol. The monoisotopic (exact) mass is 388 g/mol. The molecule has 9 heteroatoms. The molecule has 0 heterocycles. The van der Waals surface area contributed by atoms with E-state index in [-0.39, 0.29) is 16.9 Å². The number of carbonyl (C=O) groups excluding carboxylic acids is 2. The first-order chi connectivity index (χ1) is 13.4. The van der Waals surface area contributed by atoms with Gasteiger partial charge in [0.2, 0.25) is 0 Å². The first-order valence-electron chi connectivity index (χ1n) is 8.40. The second-order valence-corrected chi connectivity index (χ2v) is 5.62. The van der Waals surface area contributed by atoms with Gasteiger partial charge in [0.25, 0.3) is 11.6 Å². The van der Waals surface area contributed by atoms with Gasteiger partial charge in [0.05, 0.1) is 29.8 Å². The van der Waals surface area contributed by atoms with Gasteiger partial charge >= 0.3 is 5.97 Å². The number of nitrogens with one attached hydrogen (secondary N) is 1. The fraction of sp³-hybridized carbons (Fsp3) is 0.263. The number of nitrogens with zero attached hydrogens (tertiary/aromatic N) is 1. The first kappa shape index (κ1) is 20.8. The number of ether oxygens (including phenoxy) is 3. The van der Waals surface area contributed by atoms with E-state index in [2.05, 4.69) is 5.32 Å². The lowest BCUT2D eigenvalue weighted by Gasteiger charge is -2.09. The smallest absolute Gasteiger partial charge is 0.338 e. The zero-order chi connectivity index (χ0) is 20.5. The zero-order valence-corrected chi connectivity index (χ0v) is 15.5. The number of benzene rings is 2. The van der Waals surface area contributed by atoms with Crippen LogP contribution < -0.4 is 10.1 Å². The summed E-state index contributed by atoms with van der Waals surface area (Å²) < 4.78 is 15.1. The number of methoxy groups -OCH3 is 1. The lowest BCUT2D eigenvalue weighted by molar-refractivity contribution is -0.384. The molecule has 2 aromatic carbocycles. The molecule has 0 saturated heterocycles. The quantitative estimate of drug-likeness (QED) is 0.399. The topological polar surface area (TPSA) is 117 Å². The fourth-order valence-electron chi connectivity index (χ4n) is 2.33. The van der Waals surface area contributed by atoms with Gasteiger partial charge < -0.3 is 19.5 Å². The molecule has 0 fully saturated rings. The van der Waals surface area contributed by atoms with Gasteiger partial charge in [0.1, 0.15) is 11.4 Å². The largest absolute Gasteiger partial charge is 0.494 e. The first-order valence-corrected chi connectivity index (χ1v) is 8.40.